The van der Waals surface area contributed by atoms with Crippen molar-refractivity contribution in [2.45, 2.75) is 19.9 Å². The van der Waals surface area contributed by atoms with Gasteiger partial charge in [0, 0.05) is 11.4 Å². The first kappa shape index (κ1) is 11.0. The first-order valence-corrected chi connectivity index (χ1v) is 5.54. The van der Waals surface area contributed by atoms with Gasteiger partial charge in [0.05, 0.1) is 12.6 Å². The van der Waals surface area contributed by atoms with Gasteiger partial charge >= 0.3 is 0 Å². The van der Waals surface area contributed by atoms with Crippen molar-refractivity contribution in [3.63, 3.8) is 0 Å². The predicted molar refractivity (Wildman–Crippen MR) is 65.6 cm³/mol. The Kier molecular flexibility index (Phi) is 3.11. The third kappa shape index (κ3) is 1.89. The monoisotopic (exact) mass is 215 g/mol. The highest BCUT2D eigenvalue weighted by atomic mass is 16.3. The van der Waals surface area contributed by atoms with Gasteiger partial charge in [0.1, 0.15) is 0 Å². The van der Waals surface area contributed by atoms with E-state index < -0.39 is 0 Å². The molecule has 2 aromatic rings. The van der Waals surface area contributed by atoms with Crippen LogP contribution in [0.25, 0.3) is 0 Å². The third-order valence-electron chi connectivity index (χ3n) is 2.99. The zero-order valence-corrected chi connectivity index (χ0v) is 9.72. The molecule has 84 valence electrons. The van der Waals surface area contributed by atoms with Crippen LogP contribution in [0.2, 0.25) is 0 Å². The van der Waals surface area contributed by atoms with E-state index in [0.717, 1.165) is 5.56 Å². The molecule has 1 aromatic carbocycles. The van der Waals surface area contributed by atoms with Gasteiger partial charge < -0.3 is 9.67 Å². The average Bonchev–Trinajstić information content (AvgIpc) is 2.63. The van der Waals surface area contributed by atoms with Gasteiger partial charge in [0.15, 0.2) is 0 Å². The topological polar surface area (TPSA) is 25.2 Å². The summed E-state index contributed by atoms with van der Waals surface area (Å²) in [6.07, 6.45) is 0. The molecule has 1 heterocycles. The molecule has 0 aliphatic heterocycles. The van der Waals surface area contributed by atoms with Gasteiger partial charge in [0.2, 0.25) is 0 Å². The minimum absolute atomic E-state index is 0.0243. The fourth-order valence-electron chi connectivity index (χ4n) is 2.18. The lowest BCUT2D eigenvalue weighted by Gasteiger charge is -2.21. The third-order valence-corrected chi connectivity index (χ3v) is 2.99. The maximum atomic E-state index is 9.58. The highest BCUT2D eigenvalue weighted by Crippen LogP contribution is 2.22. The van der Waals surface area contributed by atoms with Crippen molar-refractivity contribution in [1.82, 2.24) is 4.57 Å². The number of aromatic nitrogens is 1. The maximum Gasteiger partial charge on any atom is 0.0816 e. The Bertz CT molecular complexity index is 439. The molecule has 0 saturated heterocycles. The van der Waals surface area contributed by atoms with Crippen LogP contribution in [0.1, 0.15) is 23.0 Å². The van der Waals surface area contributed by atoms with E-state index in [1.807, 2.05) is 18.2 Å². The highest BCUT2D eigenvalue weighted by molar-refractivity contribution is 5.24. The summed E-state index contributed by atoms with van der Waals surface area (Å²) < 4.78 is 2.18. The van der Waals surface area contributed by atoms with E-state index in [9.17, 15) is 5.11 Å². The van der Waals surface area contributed by atoms with Crippen LogP contribution in [0, 0.1) is 13.8 Å². The van der Waals surface area contributed by atoms with E-state index >= 15 is 0 Å². The fourth-order valence-corrected chi connectivity index (χ4v) is 2.18. The van der Waals surface area contributed by atoms with E-state index in [1.54, 1.807) is 0 Å². The molecule has 0 unspecified atom stereocenters. The van der Waals surface area contributed by atoms with Crippen LogP contribution < -0.4 is 0 Å². The summed E-state index contributed by atoms with van der Waals surface area (Å²) in [6, 6.07) is 14.3. The SMILES string of the molecule is Cc1ccc(C)n1[C@@H](CO)c1ccccc1. The number of aliphatic hydroxyl groups is 1. The fraction of sp³-hybridized carbons (Fsp3) is 0.286. The zero-order valence-electron chi connectivity index (χ0n) is 9.72. The highest BCUT2D eigenvalue weighted by Gasteiger charge is 2.15. The Labute approximate surface area is 96.2 Å². The second-order valence-electron chi connectivity index (χ2n) is 4.10. The van der Waals surface area contributed by atoms with Crippen LogP contribution in [0.15, 0.2) is 42.5 Å². The van der Waals surface area contributed by atoms with Crippen LogP contribution in [0.3, 0.4) is 0 Å². The van der Waals surface area contributed by atoms with E-state index in [1.165, 1.54) is 11.4 Å². The van der Waals surface area contributed by atoms with E-state index in [4.69, 9.17) is 0 Å². The molecule has 0 saturated carbocycles. The molecule has 2 rings (SSSR count). The number of aryl methyl sites for hydroxylation is 2. The zero-order chi connectivity index (χ0) is 11.5. The summed E-state index contributed by atoms with van der Waals surface area (Å²) in [4.78, 5) is 0. The second kappa shape index (κ2) is 4.54. The quantitative estimate of drug-likeness (QED) is 0.836. The molecule has 0 aliphatic rings. The normalized spacial score (nSPS) is 12.7. The maximum absolute atomic E-state index is 9.58. The largest absolute Gasteiger partial charge is 0.394 e. The number of aliphatic hydroxyl groups excluding tert-OH is 1. The Morgan fingerprint density at radius 3 is 2.06 bits per heavy atom. The molecule has 1 N–H and O–H groups in total. The molecule has 16 heavy (non-hydrogen) atoms. The Morgan fingerprint density at radius 1 is 1.00 bits per heavy atom. The molecule has 1 aromatic heterocycles. The van der Waals surface area contributed by atoms with Crippen molar-refractivity contribution in [2.24, 2.45) is 0 Å². The lowest BCUT2D eigenvalue weighted by Crippen LogP contribution is -2.17. The number of benzene rings is 1. The van der Waals surface area contributed by atoms with Crippen LogP contribution >= 0.6 is 0 Å². The van der Waals surface area contributed by atoms with Gasteiger partial charge in [-0.2, -0.15) is 0 Å². The van der Waals surface area contributed by atoms with Crippen molar-refractivity contribution in [1.29, 1.82) is 0 Å². The first-order valence-electron chi connectivity index (χ1n) is 5.54. The Morgan fingerprint density at radius 2 is 1.56 bits per heavy atom. The molecule has 1 atom stereocenters. The molecule has 0 amide bonds. The molecular weight excluding hydrogens is 198 g/mol. The molecule has 0 bridgehead atoms. The van der Waals surface area contributed by atoms with Crippen LogP contribution in [-0.2, 0) is 0 Å². The van der Waals surface area contributed by atoms with Crippen molar-refractivity contribution in [2.75, 3.05) is 6.61 Å². The summed E-state index contributed by atoms with van der Waals surface area (Å²) in [7, 11) is 0. The van der Waals surface area contributed by atoms with Crippen molar-refractivity contribution in [3.05, 3.63) is 59.4 Å². The standard InChI is InChI=1S/C14H17NO/c1-11-8-9-12(2)15(11)14(10-16)13-6-4-3-5-7-13/h3-9,14,16H,10H2,1-2H3/t14-/m0/s1. The summed E-state index contributed by atoms with van der Waals surface area (Å²) in [5.74, 6) is 0. The van der Waals surface area contributed by atoms with E-state index in [0.29, 0.717) is 0 Å². The van der Waals surface area contributed by atoms with Crippen LogP contribution in [-0.4, -0.2) is 16.3 Å². The lowest BCUT2D eigenvalue weighted by molar-refractivity contribution is 0.247. The molecule has 2 nitrogen and oxygen atoms in total. The van der Waals surface area contributed by atoms with Crippen molar-refractivity contribution < 1.29 is 5.11 Å². The summed E-state index contributed by atoms with van der Waals surface area (Å²) in [5.41, 5.74) is 3.51. The van der Waals surface area contributed by atoms with Crippen LogP contribution in [0.5, 0.6) is 0 Å². The van der Waals surface area contributed by atoms with E-state index in [-0.39, 0.29) is 12.6 Å². The smallest absolute Gasteiger partial charge is 0.0816 e. The van der Waals surface area contributed by atoms with Gasteiger partial charge in [-0.15, -0.1) is 0 Å². The van der Waals surface area contributed by atoms with Gasteiger partial charge in [-0.25, -0.2) is 0 Å². The van der Waals surface area contributed by atoms with Gasteiger partial charge in [-0.1, -0.05) is 30.3 Å². The summed E-state index contributed by atoms with van der Waals surface area (Å²) in [5, 5.41) is 9.58. The molecule has 2 heteroatoms. The molecule has 0 spiro atoms. The molecule has 0 radical (unpaired) electrons. The Hall–Kier alpha value is -1.54. The van der Waals surface area contributed by atoms with Gasteiger partial charge in [-0.05, 0) is 31.5 Å². The van der Waals surface area contributed by atoms with Crippen molar-refractivity contribution >= 4 is 0 Å². The van der Waals surface area contributed by atoms with Crippen molar-refractivity contribution in [3.8, 4) is 0 Å². The second-order valence-corrected chi connectivity index (χ2v) is 4.10. The minimum atomic E-state index is 0.0243. The van der Waals surface area contributed by atoms with E-state index in [2.05, 4.69) is 42.7 Å². The lowest BCUT2D eigenvalue weighted by atomic mass is 10.1. The van der Waals surface area contributed by atoms with Crippen LogP contribution in [0.4, 0.5) is 0 Å². The first-order chi connectivity index (χ1) is 7.74. The van der Waals surface area contributed by atoms with Gasteiger partial charge in [-0.3, -0.25) is 0 Å². The Balaban J connectivity index is 2.45. The number of hydrogen-bond acceptors (Lipinski definition) is 1. The molecular formula is C14H17NO. The average molecular weight is 215 g/mol. The van der Waals surface area contributed by atoms with Gasteiger partial charge in [0.25, 0.3) is 0 Å². The minimum Gasteiger partial charge on any atom is -0.394 e. The molecule has 0 aliphatic carbocycles. The summed E-state index contributed by atoms with van der Waals surface area (Å²) in [6.45, 7) is 4.26. The summed E-state index contributed by atoms with van der Waals surface area (Å²) >= 11 is 0. The molecule has 0 fully saturated rings. The number of hydrogen-bond donors (Lipinski definition) is 1. The number of nitrogens with zero attached hydrogens (tertiary/aromatic N) is 1. The number of rotatable bonds is 3. The predicted octanol–water partition coefficient (Wildman–Crippen LogP) is 2.69.